The summed E-state index contributed by atoms with van der Waals surface area (Å²) in [7, 11) is 0. The number of primary amides is 1. The number of nitrogens with zero attached hydrogens (tertiary/aromatic N) is 2. The maximum Gasteiger partial charge on any atom is 0.408 e. The molecular weight excluding hydrogens is 706 g/mol. The molecule has 13 heteroatoms. The molecule has 0 radical (unpaired) electrons. The SMILES string of the molecule is C=CC1CC1(NC(=O)C1CC(Oc2nc3c4ccccc4oc3c3ccc(Br)cc23)CN1C(=O)C(NC(=O)OC(C)(C)C)C(C)(C)C)C(N)=O. The van der Waals surface area contributed by atoms with E-state index >= 15 is 0 Å². The van der Waals surface area contributed by atoms with Crippen LogP contribution >= 0.6 is 15.9 Å². The van der Waals surface area contributed by atoms with Gasteiger partial charge in [0.2, 0.25) is 23.6 Å². The molecule has 264 valence electrons. The molecule has 4 N–H and O–H groups in total. The molecule has 12 nitrogen and oxygen atoms in total. The molecule has 2 aliphatic rings. The number of alkyl carbamates (subject to hydrolysis) is 1. The van der Waals surface area contributed by atoms with Crippen LogP contribution in [0.4, 0.5) is 4.79 Å². The number of carbonyl (C=O) groups is 4. The minimum atomic E-state index is -1.29. The average Bonchev–Trinajstić information content (AvgIpc) is 3.38. The molecule has 0 spiro atoms. The highest BCUT2D eigenvalue weighted by Crippen LogP contribution is 2.45. The van der Waals surface area contributed by atoms with Crippen LogP contribution in [-0.4, -0.2) is 69.6 Å². The zero-order chi connectivity index (χ0) is 36.3. The van der Waals surface area contributed by atoms with Gasteiger partial charge in [-0.3, -0.25) is 14.4 Å². The van der Waals surface area contributed by atoms with Crippen molar-refractivity contribution in [3.63, 3.8) is 0 Å². The Kier molecular flexibility index (Phi) is 8.86. The van der Waals surface area contributed by atoms with E-state index in [-0.39, 0.29) is 18.9 Å². The van der Waals surface area contributed by atoms with Gasteiger partial charge in [-0.15, -0.1) is 6.58 Å². The van der Waals surface area contributed by atoms with Crippen LogP contribution in [0.3, 0.4) is 0 Å². The van der Waals surface area contributed by atoms with E-state index in [0.717, 1.165) is 15.2 Å². The highest BCUT2D eigenvalue weighted by Gasteiger charge is 2.60. The van der Waals surface area contributed by atoms with E-state index in [1.165, 1.54) is 4.90 Å². The molecule has 1 saturated heterocycles. The summed E-state index contributed by atoms with van der Waals surface area (Å²) in [6, 6.07) is 11.2. The maximum atomic E-state index is 14.5. The zero-order valence-corrected chi connectivity index (χ0v) is 30.6. The van der Waals surface area contributed by atoms with Crippen LogP contribution in [0.15, 0.2) is 64.0 Å². The van der Waals surface area contributed by atoms with Gasteiger partial charge in [0.1, 0.15) is 40.4 Å². The summed E-state index contributed by atoms with van der Waals surface area (Å²) >= 11 is 3.55. The number of pyridine rings is 1. The number of rotatable bonds is 8. The van der Waals surface area contributed by atoms with Gasteiger partial charge in [0.15, 0.2) is 5.58 Å². The molecule has 1 aliphatic heterocycles. The molecule has 2 aromatic carbocycles. The lowest BCUT2D eigenvalue weighted by molar-refractivity contribution is -0.143. The number of furan rings is 1. The number of benzene rings is 2. The predicted molar refractivity (Wildman–Crippen MR) is 192 cm³/mol. The van der Waals surface area contributed by atoms with Crippen LogP contribution in [0.2, 0.25) is 0 Å². The third-order valence-corrected chi connectivity index (χ3v) is 9.72. The fourth-order valence-electron chi connectivity index (χ4n) is 6.61. The van der Waals surface area contributed by atoms with Crippen LogP contribution in [-0.2, 0) is 19.1 Å². The first-order chi connectivity index (χ1) is 23.4. The highest BCUT2D eigenvalue weighted by molar-refractivity contribution is 9.10. The number of ether oxygens (including phenoxy) is 2. The van der Waals surface area contributed by atoms with Gasteiger partial charge in [0.25, 0.3) is 0 Å². The van der Waals surface area contributed by atoms with Crippen molar-refractivity contribution in [3.05, 3.63) is 59.6 Å². The van der Waals surface area contributed by atoms with Crippen molar-refractivity contribution in [3.8, 4) is 5.88 Å². The lowest BCUT2D eigenvalue weighted by Gasteiger charge is -2.36. The third-order valence-electron chi connectivity index (χ3n) is 9.23. The molecule has 50 heavy (non-hydrogen) atoms. The van der Waals surface area contributed by atoms with Gasteiger partial charge < -0.3 is 35.2 Å². The zero-order valence-electron chi connectivity index (χ0n) is 29.0. The monoisotopic (exact) mass is 747 g/mol. The van der Waals surface area contributed by atoms with E-state index in [0.29, 0.717) is 34.4 Å². The predicted octanol–water partition coefficient (Wildman–Crippen LogP) is 5.73. The Balaban J connectivity index is 1.37. The quantitative estimate of drug-likeness (QED) is 0.192. The van der Waals surface area contributed by atoms with Crippen LogP contribution in [0, 0.1) is 11.3 Å². The van der Waals surface area contributed by atoms with E-state index in [1.807, 2.05) is 63.2 Å². The first-order valence-corrected chi connectivity index (χ1v) is 17.3. The van der Waals surface area contributed by atoms with E-state index < -0.39 is 58.6 Å². The minimum Gasteiger partial charge on any atom is -0.472 e. The van der Waals surface area contributed by atoms with Crippen LogP contribution in [0.5, 0.6) is 5.88 Å². The second kappa shape index (κ2) is 12.6. The van der Waals surface area contributed by atoms with Crippen LogP contribution in [0.1, 0.15) is 54.4 Å². The number of carbonyl (C=O) groups excluding carboxylic acids is 4. The van der Waals surface area contributed by atoms with Crippen molar-refractivity contribution in [2.45, 2.75) is 83.7 Å². The topological polar surface area (TPSA) is 166 Å². The highest BCUT2D eigenvalue weighted by atomic mass is 79.9. The molecule has 1 saturated carbocycles. The van der Waals surface area contributed by atoms with Crippen LogP contribution < -0.4 is 21.1 Å². The summed E-state index contributed by atoms with van der Waals surface area (Å²) in [5.41, 5.74) is 4.78. The van der Waals surface area contributed by atoms with Gasteiger partial charge in [-0.25, -0.2) is 9.78 Å². The van der Waals surface area contributed by atoms with Crippen molar-refractivity contribution in [1.29, 1.82) is 0 Å². The van der Waals surface area contributed by atoms with E-state index in [2.05, 4.69) is 33.1 Å². The number of para-hydroxylation sites is 1. The lowest BCUT2D eigenvalue weighted by atomic mass is 9.85. The average molecular weight is 749 g/mol. The first-order valence-electron chi connectivity index (χ1n) is 16.5. The Morgan fingerprint density at radius 1 is 1.10 bits per heavy atom. The van der Waals surface area contributed by atoms with Crippen molar-refractivity contribution in [2.75, 3.05) is 6.54 Å². The Morgan fingerprint density at radius 2 is 1.82 bits per heavy atom. The summed E-state index contributed by atoms with van der Waals surface area (Å²) in [5.74, 6) is -1.77. The molecule has 2 aromatic heterocycles. The van der Waals surface area contributed by atoms with Gasteiger partial charge in [-0.2, -0.15) is 0 Å². The Hall–Kier alpha value is -4.65. The summed E-state index contributed by atoms with van der Waals surface area (Å²) < 4.78 is 19.1. The second-order valence-electron chi connectivity index (χ2n) is 15.2. The van der Waals surface area contributed by atoms with Crippen molar-refractivity contribution < 1.29 is 33.1 Å². The standard InChI is InChI=1S/C37H42BrN5O7/c1-8-19-17-37(19,33(39)46)42-30(44)25-16-21(18-43(25)32(45)29(35(2,3)4)41-34(47)50-36(5,6)7)48-31-24-15-20(38)13-14-22(24)28-27(40-31)23-11-9-10-12-26(23)49-28/h8-15,19,21,25,29H,1,16-18H2,2-7H3,(H2,39,46)(H,41,47)(H,42,44). The molecular formula is C37H42BrN5O7. The van der Waals surface area contributed by atoms with Gasteiger partial charge in [-0.1, -0.05) is 54.9 Å². The maximum absolute atomic E-state index is 14.5. The molecule has 5 unspecified atom stereocenters. The Labute approximate surface area is 298 Å². The van der Waals surface area contributed by atoms with Gasteiger partial charge in [0.05, 0.1) is 6.54 Å². The molecule has 5 atom stereocenters. The second-order valence-corrected chi connectivity index (χ2v) is 16.1. The van der Waals surface area contributed by atoms with E-state index in [4.69, 9.17) is 24.6 Å². The number of nitrogens with two attached hydrogens (primary N) is 1. The number of halogens is 1. The third kappa shape index (κ3) is 6.62. The molecule has 0 bridgehead atoms. The molecule has 4 aromatic rings. The normalized spacial score (nSPS) is 22.7. The van der Waals surface area contributed by atoms with Crippen molar-refractivity contribution >= 4 is 72.6 Å². The number of hydrogen-bond acceptors (Lipinski definition) is 8. The van der Waals surface area contributed by atoms with E-state index in [9.17, 15) is 19.2 Å². The molecule has 3 heterocycles. The van der Waals surface area contributed by atoms with Crippen molar-refractivity contribution in [1.82, 2.24) is 20.5 Å². The number of nitrogens with one attached hydrogen (secondary N) is 2. The van der Waals surface area contributed by atoms with Gasteiger partial charge in [-0.05, 0) is 62.9 Å². The van der Waals surface area contributed by atoms with Gasteiger partial charge in [0, 0.05) is 33.0 Å². The number of aromatic nitrogens is 1. The van der Waals surface area contributed by atoms with Crippen LogP contribution in [0.25, 0.3) is 32.8 Å². The molecule has 4 amide bonds. The number of hydrogen-bond donors (Lipinski definition) is 3. The number of amides is 4. The lowest BCUT2D eigenvalue weighted by Crippen LogP contribution is -2.59. The number of likely N-dealkylation sites (tertiary alicyclic amines) is 1. The Bertz CT molecular complexity index is 2050. The van der Waals surface area contributed by atoms with E-state index in [1.54, 1.807) is 26.8 Å². The summed E-state index contributed by atoms with van der Waals surface area (Å²) in [4.78, 5) is 60.3. The Morgan fingerprint density at radius 3 is 2.46 bits per heavy atom. The summed E-state index contributed by atoms with van der Waals surface area (Å²) in [6.07, 6.45) is 0.517. The number of fused-ring (bicyclic) bond motifs is 5. The molecule has 1 aliphatic carbocycles. The fourth-order valence-corrected chi connectivity index (χ4v) is 6.97. The largest absolute Gasteiger partial charge is 0.472 e. The minimum absolute atomic E-state index is 0.00466. The van der Waals surface area contributed by atoms with Gasteiger partial charge >= 0.3 is 6.09 Å². The first kappa shape index (κ1) is 35.2. The molecule has 2 fully saturated rings. The molecule has 6 rings (SSSR count). The smallest absolute Gasteiger partial charge is 0.408 e. The fraction of sp³-hybridized carbons (Fsp3) is 0.432. The van der Waals surface area contributed by atoms with Crippen molar-refractivity contribution in [2.24, 2.45) is 17.1 Å². The summed E-state index contributed by atoms with van der Waals surface area (Å²) in [6.45, 7) is 14.4. The summed E-state index contributed by atoms with van der Waals surface area (Å²) in [5, 5.41) is 7.84.